The van der Waals surface area contributed by atoms with Crippen LogP contribution in [0.2, 0.25) is 0 Å². The molecule has 406 valence electrons. The number of carbonyl (C=O) groups excluding carboxylic acids is 3. The van der Waals surface area contributed by atoms with Crippen molar-refractivity contribution < 1.29 is 42.5 Å². The van der Waals surface area contributed by atoms with Gasteiger partial charge in [0.05, 0.1) is 60.1 Å². The van der Waals surface area contributed by atoms with Crippen LogP contribution in [0.25, 0.3) is 33.4 Å². The molecule has 7 atom stereocenters. The van der Waals surface area contributed by atoms with Gasteiger partial charge in [0.2, 0.25) is 5.91 Å². The summed E-state index contributed by atoms with van der Waals surface area (Å²) in [6.45, 7) is 17.0. The molecule has 0 radical (unpaired) electrons. The van der Waals surface area contributed by atoms with Gasteiger partial charge >= 0.3 is 5.97 Å². The third-order valence-corrected chi connectivity index (χ3v) is 18.3. The molecule has 3 saturated carbocycles. The van der Waals surface area contributed by atoms with Gasteiger partial charge in [-0.3, -0.25) is 29.3 Å². The first-order valence-corrected chi connectivity index (χ1v) is 28.6. The maximum atomic E-state index is 15.2. The number of benzene rings is 1. The normalized spacial score (nSPS) is 28.4. The molecule has 9 heterocycles. The minimum Gasteiger partial charge on any atom is -0.464 e. The first kappa shape index (κ1) is 51.5. The molecule has 8 bridgehead atoms. The number of hydrogen-bond acceptors (Lipinski definition) is 16. The Kier molecular flexibility index (Phi) is 14.3. The number of esters is 1. The van der Waals surface area contributed by atoms with Crippen molar-refractivity contribution >= 4 is 45.7 Å². The van der Waals surface area contributed by atoms with Gasteiger partial charge in [-0.25, -0.2) is 15.4 Å². The fourth-order valence-corrected chi connectivity index (χ4v) is 13.7. The van der Waals surface area contributed by atoms with Crippen LogP contribution in [0.1, 0.15) is 113 Å². The Morgan fingerprint density at radius 1 is 1.03 bits per heavy atom. The molecule has 2 N–H and O–H groups in total. The number of amides is 2. The van der Waals surface area contributed by atoms with Crippen LogP contribution in [-0.2, 0) is 51.0 Å². The van der Waals surface area contributed by atoms with E-state index in [4.69, 9.17) is 38.1 Å². The molecule has 13 rings (SSSR count). The molecule has 18 nitrogen and oxygen atoms in total. The number of aromatic nitrogens is 4. The van der Waals surface area contributed by atoms with E-state index in [1.54, 1.807) is 18.4 Å². The number of hydrazine groups is 1. The third-order valence-electron chi connectivity index (χ3n) is 17.4. The van der Waals surface area contributed by atoms with Crippen LogP contribution in [0, 0.1) is 23.2 Å². The highest BCUT2D eigenvalue weighted by atomic mass is 32.1. The molecule has 5 aromatic rings. The molecular weight excluding hydrogens is 987 g/mol. The summed E-state index contributed by atoms with van der Waals surface area (Å²) in [5.74, 6) is -1.67. The summed E-state index contributed by atoms with van der Waals surface area (Å²) in [7, 11) is 1.74. The molecule has 76 heavy (non-hydrogen) atoms. The summed E-state index contributed by atoms with van der Waals surface area (Å²) in [5.41, 5.74) is 11.2. The molecular formula is C57H73N9O9S. The lowest BCUT2D eigenvalue weighted by Gasteiger charge is -2.53. The fourth-order valence-electron chi connectivity index (χ4n) is 12.8. The Bertz CT molecular complexity index is 2920. The summed E-state index contributed by atoms with van der Waals surface area (Å²) in [6, 6.07) is 7.49. The molecule has 8 aliphatic rings. The largest absolute Gasteiger partial charge is 0.464 e. The summed E-state index contributed by atoms with van der Waals surface area (Å²) in [4.78, 5) is 64.1. The lowest BCUT2D eigenvalue weighted by Crippen LogP contribution is -2.72. The number of ether oxygens (including phenoxy) is 5. The van der Waals surface area contributed by atoms with Crippen LogP contribution in [0.3, 0.4) is 0 Å². The number of fused-ring (bicyclic) bond motifs is 4. The standard InChI is InChI=1S/C57H73N9O9S/c1-7-73-52-50(61-53(67)47-32(2)46(47)43-28-72-31-59-43)55(68)66-37-22-35(23-37)49(62-66)56(69)75-30-57(4,5)26-42-40-24-34(44-29-76-54(52)60-44)8-11-45(40)65(18-21-74-39-12-19-71-20-13-39)51(42)41-25-38(27-58-48(41)33(3)70-6)64-16-14-63(15-17-64)36-9-10-36/h8,11,24-25,27-29,31-33,35-37,39,46-47,49-50,52,62H,7,9-10,12-23,26,30H2,1-6H3,(H,61,67)/t32-,33-,35?,37?,46-,47+,49-,50-,52-/m0/s1. The molecule has 7 fully saturated rings. The summed E-state index contributed by atoms with van der Waals surface area (Å²) in [6.07, 6.45) is 9.93. The highest BCUT2D eigenvalue weighted by Gasteiger charge is 2.56. The highest BCUT2D eigenvalue weighted by molar-refractivity contribution is 7.10. The van der Waals surface area contributed by atoms with Gasteiger partial charge in [-0.05, 0) is 94.4 Å². The Balaban J connectivity index is 0.983. The van der Waals surface area contributed by atoms with E-state index < -0.39 is 35.5 Å². The molecule has 2 amide bonds. The number of thiazole rings is 1. The minimum atomic E-state index is -1.17. The predicted octanol–water partition coefficient (Wildman–Crippen LogP) is 7.23. The van der Waals surface area contributed by atoms with E-state index in [1.807, 2.05) is 25.4 Å². The first-order chi connectivity index (χ1) is 36.9. The molecule has 0 spiro atoms. The van der Waals surface area contributed by atoms with Crippen LogP contribution in [0.5, 0.6) is 0 Å². The van der Waals surface area contributed by atoms with Gasteiger partial charge < -0.3 is 42.9 Å². The summed E-state index contributed by atoms with van der Waals surface area (Å²) < 4.78 is 39.1. The fraction of sp³-hybridized carbons (Fsp3) is 0.614. The Hall–Kier alpha value is -5.28. The van der Waals surface area contributed by atoms with E-state index >= 15 is 4.79 Å². The van der Waals surface area contributed by atoms with Gasteiger partial charge in [-0.2, -0.15) is 0 Å². The molecule has 4 aromatic heterocycles. The van der Waals surface area contributed by atoms with Gasteiger partial charge in [0.15, 0.2) is 6.39 Å². The summed E-state index contributed by atoms with van der Waals surface area (Å²) in [5, 5.41) is 8.33. The van der Waals surface area contributed by atoms with E-state index in [0.717, 1.165) is 95.4 Å². The third kappa shape index (κ3) is 9.98. The van der Waals surface area contributed by atoms with Gasteiger partial charge in [-0.15, -0.1) is 11.3 Å². The van der Waals surface area contributed by atoms with Crippen molar-refractivity contribution in [3.8, 4) is 22.5 Å². The molecule has 1 aromatic carbocycles. The maximum absolute atomic E-state index is 15.2. The average Bonchev–Trinajstić information content (AvgIpc) is 4.20. The predicted molar refractivity (Wildman–Crippen MR) is 285 cm³/mol. The number of nitrogens with zero attached hydrogens (tertiary/aromatic N) is 7. The topological polar surface area (TPSA) is 188 Å². The zero-order valence-corrected chi connectivity index (χ0v) is 45.5. The average molecular weight is 1060 g/mol. The maximum Gasteiger partial charge on any atom is 0.325 e. The molecule has 4 saturated heterocycles. The second-order valence-electron chi connectivity index (χ2n) is 23.1. The number of oxazole rings is 1. The Morgan fingerprint density at radius 2 is 1.83 bits per heavy atom. The molecule has 19 heteroatoms. The van der Waals surface area contributed by atoms with Crippen molar-refractivity contribution in [1.82, 2.24) is 40.2 Å². The van der Waals surface area contributed by atoms with E-state index in [9.17, 15) is 9.59 Å². The number of nitrogens with one attached hydrogen (secondary N) is 2. The lowest BCUT2D eigenvalue weighted by atomic mass is 9.73. The molecule has 5 aliphatic heterocycles. The van der Waals surface area contributed by atoms with Crippen molar-refractivity contribution in [2.75, 3.05) is 71.2 Å². The first-order valence-electron chi connectivity index (χ1n) is 27.8. The van der Waals surface area contributed by atoms with E-state index in [0.29, 0.717) is 56.3 Å². The molecule has 3 aliphatic carbocycles. The zero-order valence-electron chi connectivity index (χ0n) is 44.7. The number of pyridine rings is 1. The van der Waals surface area contributed by atoms with Crippen molar-refractivity contribution in [3.05, 3.63) is 70.5 Å². The quantitative estimate of drug-likeness (QED) is 0.106. The van der Waals surface area contributed by atoms with E-state index in [2.05, 4.69) is 75.1 Å². The SMILES string of the molecule is CCO[C@@H]1c2nc(cs2)-c2ccc3c(c2)c(c(-c2cc(N4CCN(C5CC5)CC4)cnc2[C@H](C)OC)n3CCOC2CCOCC2)CC(C)(C)COC(=O)[C@H]2NN(C(=O)[C@H]1NC(=O)[C@@H]1[C@@H](C)[C@H]1c1cocn1)C1CC2C1. The Morgan fingerprint density at radius 3 is 2.57 bits per heavy atom. The van der Waals surface area contributed by atoms with Crippen molar-refractivity contribution in [2.24, 2.45) is 23.2 Å². The number of hydrogen-bond donors (Lipinski definition) is 2. The van der Waals surface area contributed by atoms with Crippen LogP contribution < -0.4 is 15.6 Å². The number of carbonyl (C=O) groups is 3. The highest BCUT2D eigenvalue weighted by Crippen LogP contribution is 2.53. The molecule has 0 unspecified atom stereocenters. The van der Waals surface area contributed by atoms with Gasteiger partial charge in [0.1, 0.15) is 29.5 Å². The second kappa shape index (κ2) is 21.2. The van der Waals surface area contributed by atoms with Crippen LogP contribution >= 0.6 is 11.3 Å². The smallest absolute Gasteiger partial charge is 0.325 e. The van der Waals surface area contributed by atoms with Crippen molar-refractivity contribution in [1.29, 1.82) is 0 Å². The van der Waals surface area contributed by atoms with Crippen molar-refractivity contribution in [3.63, 3.8) is 0 Å². The van der Waals surface area contributed by atoms with Crippen LogP contribution in [0.4, 0.5) is 5.69 Å². The van der Waals surface area contributed by atoms with Crippen LogP contribution in [0.15, 0.2) is 52.9 Å². The van der Waals surface area contributed by atoms with E-state index in [1.165, 1.54) is 30.6 Å². The summed E-state index contributed by atoms with van der Waals surface area (Å²) >= 11 is 1.40. The number of anilines is 1. The number of methoxy groups -OCH3 is 1. The van der Waals surface area contributed by atoms with Gasteiger partial charge in [0, 0.05) is 116 Å². The van der Waals surface area contributed by atoms with Gasteiger partial charge in [0.25, 0.3) is 5.91 Å². The second-order valence-corrected chi connectivity index (χ2v) is 23.9. The Labute approximate surface area is 448 Å². The minimum absolute atomic E-state index is 0.00736. The monoisotopic (exact) mass is 1060 g/mol. The number of rotatable bonds is 14. The van der Waals surface area contributed by atoms with Crippen LogP contribution in [-0.4, -0.2) is 144 Å². The van der Waals surface area contributed by atoms with E-state index in [-0.39, 0.29) is 61.0 Å². The van der Waals surface area contributed by atoms with Gasteiger partial charge in [-0.1, -0.05) is 26.8 Å². The zero-order chi connectivity index (χ0) is 52.4. The number of piperazine rings is 1. The number of cyclic esters (lactones) is 1. The lowest BCUT2D eigenvalue weighted by molar-refractivity contribution is -0.173. The van der Waals surface area contributed by atoms with Crippen molar-refractivity contribution in [2.45, 2.75) is 135 Å².